The van der Waals surface area contributed by atoms with Gasteiger partial charge in [-0.1, -0.05) is 38.5 Å². The molecule has 1 heterocycles. The van der Waals surface area contributed by atoms with Crippen molar-refractivity contribution in [2.24, 2.45) is 29.4 Å². The van der Waals surface area contributed by atoms with E-state index in [1.807, 2.05) is 0 Å². The predicted molar refractivity (Wildman–Crippen MR) is 156 cm³/mol. The Labute approximate surface area is 260 Å². The molecule has 4 saturated carbocycles. The summed E-state index contributed by atoms with van der Waals surface area (Å²) in [5, 5.41) is 8.35. The van der Waals surface area contributed by atoms with Crippen LogP contribution >= 0.6 is 23.2 Å². The second-order valence-corrected chi connectivity index (χ2v) is 14.3. The van der Waals surface area contributed by atoms with E-state index in [4.69, 9.17) is 33.7 Å². The van der Waals surface area contributed by atoms with Gasteiger partial charge in [-0.25, -0.2) is 9.59 Å². The molecule has 5 fully saturated rings. The fourth-order valence-corrected chi connectivity index (χ4v) is 8.50. The molecule has 1 unspecified atom stereocenters. The molecule has 0 bridgehead atoms. The van der Waals surface area contributed by atoms with E-state index >= 15 is 0 Å². The Bertz CT molecular complexity index is 1170. The van der Waals surface area contributed by atoms with E-state index in [1.165, 1.54) is 12.0 Å². The molecule has 5 aliphatic rings. The third-order valence-corrected chi connectivity index (χ3v) is 11.5. The molecule has 0 radical (unpaired) electrons. The van der Waals surface area contributed by atoms with Gasteiger partial charge in [-0.3, -0.25) is 19.2 Å². The molecule has 0 aromatic carbocycles. The number of fused-ring (bicyclic) bond motifs is 1. The lowest BCUT2D eigenvalue weighted by Crippen LogP contribution is -2.63. The molecule has 0 spiro atoms. The van der Waals surface area contributed by atoms with Gasteiger partial charge in [-0.15, -0.1) is 23.2 Å². The summed E-state index contributed by atoms with van der Waals surface area (Å²) in [7, 11) is 1.28. The second kappa shape index (κ2) is 12.4. The number of nitrogens with one attached hydrogen (secondary N) is 3. The van der Waals surface area contributed by atoms with Crippen LogP contribution < -0.4 is 21.7 Å². The molecule has 5 N–H and O–H groups in total. The van der Waals surface area contributed by atoms with E-state index in [0.717, 1.165) is 38.5 Å². The number of halogens is 2. The minimum Gasteiger partial charge on any atom is -0.467 e. The molecule has 12 nitrogen and oxygen atoms in total. The Kier molecular flexibility index (Phi) is 9.19. The molecule has 14 heteroatoms. The first kappa shape index (κ1) is 31.8. The molecule has 0 aromatic heterocycles. The maximum Gasteiger partial charge on any atom is 0.331 e. The molecule has 0 aromatic rings. The number of hydrogen-bond donors (Lipinski definition) is 4. The van der Waals surface area contributed by atoms with E-state index in [2.05, 4.69) is 16.0 Å². The smallest absolute Gasteiger partial charge is 0.331 e. The summed E-state index contributed by atoms with van der Waals surface area (Å²) < 4.78 is 3.75. The molecular weight excluding hydrogens is 601 g/mol. The fraction of sp³-hybridized carbons (Fsp3) is 0.793. The third kappa shape index (κ3) is 6.06. The number of hydrogen-bond acceptors (Lipinski definition) is 7. The average molecular weight is 643 g/mol. The van der Waals surface area contributed by atoms with Gasteiger partial charge in [0.1, 0.15) is 28.0 Å². The lowest BCUT2D eigenvalue weighted by atomic mass is 9.78. The van der Waals surface area contributed by atoms with Crippen LogP contribution in [-0.4, -0.2) is 82.1 Å². The van der Waals surface area contributed by atoms with Gasteiger partial charge >= 0.3 is 12.0 Å². The number of Topliss-reactive ketones (excluding diaryl/α,β-unsaturated/α-hetero) is 1. The third-order valence-electron chi connectivity index (χ3n) is 10.4. The molecule has 1 aliphatic heterocycles. The standard InChI is InChI=1S/C29H41Cl2N5O7/c1-43-26(41)28(12-5-6-13-28)35-27(42)34-20(16-8-3-2-4-9-16)25(40)36-14-17-18(29(17,30)31)21(36)24(39)33-19(15-10-7-11-15)22(37)23(32)38/h15-21H,2-14H2,1H3,(H2,32,38)(H,33,39)(H2,34,35,42)/t17-,18-,19?,20-,21-/m0/s1. The monoisotopic (exact) mass is 641 g/mol. The van der Waals surface area contributed by atoms with E-state index in [0.29, 0.717) is 38.5 Å². The van der Waals surface area contributed by atoms with Crippen molar-refractivity contribution in [3.63, 3.8) is 0 Å². The molecule has 4 aliphatic carbocycles. The summed E-state index contributed by atoms with van der Waals surface area (Å²) in [5.41, 5.74) is 4.12. The van der Waals surface area contributed by atoms with Gasteiger partial charge in [0, 0.05) is 18.4 Å². The number of nitrogens with zero attached hydrogens (tertiary/aromatic N) is 1. The number of rotatable bonds is 10. The van der Waals surface area contributed by atoms with Crippen molar-refractivity contribution in [2.45, 2.75) is 105 Å². The zero-order chi connectivity index (χ0) is 31.1. The summed E-state index contributed by atoms with van der Waals surface area (Å²) in [4.78, 5) is 79.9. The van der Waals surface area contributed by atoms with E-state index in [9.17, 15) is 28.8 Å². The van der Waals surface area contributed by atoms with E-state index in [1.54, 1.807) is 0 Å². The molecule has 5 rings (SSSR count). The predicted octanol–water partition coefficient (Wildman–Crippen LogP) is 1.69. The highest BCUT2D eigenvalue weighted by Crippen LogP contribution is 2.65. The van der Waals surface area contributed by atoms with Gasteiger partial charge in [0.05, 0.1) is 7.11 Å². The highest BCUT2D eigenvalue weighted by molar-refractivity contribution is 6.51. The SMILES string of the molecule is COC(=O)C1(NC(=O)N[C@H](C(=O)N2C[C@H]3[C@@H]([C@H]2C(=O)NC(C(=O)C(N)=O)C2CCC2)C3(Cl)Cl)C2CCCCC2)CCCC1. The lowest BCUT2D eigenvalue weighted by Gasteiger charge is -2.38. The van der Waals surface area contributed by atoms with Crippen molar-refractivity contribution in [3.8, 4) is 0 Å². The van der Waals surface area contributed by atoms with Crippen LogP contribution in [-0.2, 0) is 28.7 Å². The van der Waals surface area contributed by atoms with Crippen molar-refractivity contribution >= 4 is 58.7 Å². The summed E-state index contributed by atoms with van der Waals surface area (Å²) >= 11 is 13.0. The van der Waals surface area contributed by atoms with Gasteiger partial charge in [0.15, 0.2) is 0 Å². The average Bonchev–Trinajstić information content (AvgIpc) is 3.35. The zero-order valence-corrected chi connectivity index (χ0v) is 25.9. The number of methoxy groups -OCH3 is 1. The minimum atomic E-state index is -1.22. The lowest BCUT2D eigenvalue weighted by molar-refractivity contribution is -0.148. The van der Waals surface area contributed by atoms with Gasteiger partial charge in [0.25, 0.3) is 5.91 Å². The van der Waals surface area contributed by atoms with Crippen molar-refractivity contribution in [2.75, 3.05) is 13.7 Å². The van der Waals surface area contributed by atoms with Gasteiger partial charge < -0.3 is 31.3 Å². The minimum absolute atomic E-state index is 0.102. The number of piperidine rings is 1. The number of alkyl halides is 2. The van der Waals surface area contributed by atoms with E-state index in [-0.39, 0.29) is 24.3 Å². The Morgan fingerprint density at radius 3 is 2.02 bits per heavy atom. The van der Waals surface area contributed by atoms with Crippen LogP contribution in [0.4, 0.5) is 4.79 Å². The molecule has 5 amide bonds. The first-order valence-electron chi connectivity index (χ1n) is 15.4. The number of carbonyl (C=O) groups is 6. The van der Waals surface area contributed by atoms with Crippen molar-refractivity contribution in [1.29, 1.82) is 0 Å². The van der Waals surface area contributed by atoms with Crippen LogP contribution in [0.15, 0.2) is 0 Å². The van der Waals surface area contributed by atoms with Crippen LogP contribution in [0.5, 0.6) is 0 Å². The topological polar surface area (TPSA) is 177 Å². The number of amides is 5. The Hall–Kier alpha value is -2.60. The largest absolute Gasteiger partial charge is 0.467 e. The fourth-order valence-electron chi connectivity index (χ4n) is 7.67. The highest BCUT2D eigenvalue weighted by atomic mass is 35.5. The maximum atomic E-state index is 14.3. The number of urea groups is 1. The van der Waals surface area contributed by atoms with Crippen LogP contribution in [0.2, 0.25) is 0 Å². The number of primary amides is 1. The molecule has 1 saturated heterocycles. The second-order valence-electron chi connectivity index (χ2n) is 12.9. The summed E-state index contributed by atoms with van der Waals surface area (Å²) in [5.74, 6) is -4.96. The number of ether oxygens (including phenoxy) is 1. The van der Waals surface area contributed by atoms with Gasteiger partial charge in [-0.2, -0.15) is 0 Å². The zero-order valence-electron chi connectivity index (χ0n) is 24.4. The molecule has 5 atom stereocenters. The van der Waals surface area contributed by atoms with E-state index < -0.39 is 69.4 Å². The van der Waals surface area contributed by atoms with Crippen molar-refractivity contribution in [1.82, 2.24) is 20.9 Å². The number of esters is 1. The number of likely N-dealkylation sites (tertiary alicyclic amines) is 1. The van der Waals surface area contributed by atoms with Gasteiger partial charge in [-0.05, 0) is 50.4 Å². The number of carbonyl (C=O) groups excluding carboxylic acids is 6. The number of ketones is 1. The molecule has 43 heavy (non-hydrogen) atoms. The maximum absolute atomic E-state index is 14.3. The quantitative estimate of drug-likeness (QED) is 0.159. The Morgan fingerprint density at radius 1 is 0.860 bits per heavy atom. The normalized spacial score (nSPS) is 28.9. The van der Waals surface area contributed by atoms with Crippen LogP contribution in [0.1, 0.15) is 77.0 Å². The summed E-state index contributed by atoms with van der Waals surface area (Å²) in [6.45, 7) is 0.102. The first-order valence-corrected chi connectivity index (χ1v) is 16.2. The molecule has 238 valence electrons. The number of nitrogens with two attached hydrogens (primary N) is 1. The summed E-state index contributed by atoms with van der Waals surface area (Å²) in [6.07, 6.45) is 8.80. The molecular formula is C29H41Cl2N5O7. The first-order chi connectivity index (χ1) is 20.4. The Morgan fingerprint density at radius 2 is 1.47 bits per heavy atom. The van der Waals surface area contributed by atoms with Crippen molar-refractivity contribution < 1.29 is 33.5 Å². The summed E-state index contributed by atoms with van der Waals surface area (Å²) in [6, 6.07) is -3.79. The van der Waals surface area contributed by atoms with Gasteiger partial charge in [0.2, 0.25) is 17.6 Å². The van der Waals surface area contributed by atoms with Crippen LogP contribution in [0, 0.1) is 23.7 Å². The van der Waals surface area contributed by atoms with Crippen LogP contribution in [0.3, 0.4) is 0 Å². The van der Waals surface area contributed by atoms with Crippen LogP contribution in [0.25, 0.3) is 0 Å². The Balaban J connectivity index is 1.37. The van der Waals surface area contributed by atoms with Crippen molar-refractivity contribution in [3.05, 3.63) is 0 Å². The highest BCUT2D eigenvalue weighted by Gasteiger charge is 2.74.